The first kappa shape index (κ1) is 16.8. The zero-order chi connectivity index (χ0) is 16.7. The molecular weight excluding hydrogens is 380 g/mol. The number of amides is 1. The molecule has 1 aliphatic heterocycles. The van der Waals surface area contributed by atoms with Crippen molar-refractivity contribution in [2.24, 2.45) is 11.1 Å². The van der Waals surface area contributed by atoms with Crippen molar-refractivity contribution < 1.29 is 18.1 Å². The van der Waals surface area contributed by atoms with E-state index >= 15 is 0 Å². The lowest BCUT2D eigenvalue weighted by Crippen LogP contribution is -2.28. The second kappa shape index (κ2) is 5.89. The van der Waals surface area contributed by atoms with E-state index in [1.807, 2.05) is 0 Å². The lowest BCUT2D eigenvalue weighted by atomic mass is 10.1. The molecule has 0 radical (unpaired) electrons. The fraction of sp³-hybridized carbons (Fsp3) is 0.455. The first-order valence-corrected chi connectivity index (χ1v) is 8.71. The van der Waals surface area contributed by atoms with Crippen LogP contribution in [-0.2, 0) is 14.8 Å². The van der Waals surface area contributed by atoms with E-state index in [2.05, 4.69) is 20.9 Å². The van der Waals surface area contributed by atoms with Crippen LogP contribution in [0.25, 0.3) is 0 Å². The summed E-state index contributed by atoms with van der Waals surface area (Å²) < 4.78 is 22.7. The van der Waals surface area contributed by atoms with Crippen molar-refractivity contribution in [3.05, 3.63) is 26.3 Å². The Labute approximate surface area is 134 Å². The number of primary sulfonamides is 1. The smallest absolute Gasteiger partial charge is 0.291 e. The summed E-state index contributed by atoms with van der Waals surface area (Å²) in [4.78, 5) is 27.8. The van der Waals surface area contributed by atoms with Crippen LogP contribution in [0, 0.1) is 23.0 Å². The molecule has 1 aromatic rings. The molecule has 0 saturated carbocycles. The molecule has 22 heavy (non-hydrogen) atoms. The van der Waals surface area contributed by atoms with E-state index in [4.69, 9.17) is 5.14 Å². The van der Waals surface area contributed by atoms with Gasteiger partial charge in [-0.2, -0.15) is 0 Å². The van der Waals surface area contributed by atoms with Crippen LogP contribution in [0.3, 0.4) is 0 Å². The fourth-order valence-corrected chi connectivity index (χ4v) is 3.57. The number of halogens is 1. The summed E-state index contributed by atoms with van der Waals surface area (Å²) in [7, 11) is -3.72. The van der Waals surface area contributed by atoms with Gasteiger partial charge in [0.2, 0.25) is 21.7 Å². The first-order valence-electron chi connectivity index (χ1n) is 6.20. The number of carbonyl (C=O) groups excluding carboxylic acids is 1. The minimum atomic E-state index is -3.72. The Bertz CT molecular complexity index is 751. The van der Waals surface area contributed by atoms with Gasteiger partial charge in [0.25, 0.3) is 0 Å². The number of nitro groups is 1. The van der Waals surface area contributed by atoms with Crippen LogP contribution in [0.2, 0.25) is 0 Å². The molecule has 0 aromatic carbocycles. The molecule has 120 valence electrons. The van der Waals surface area contributed by atoms with Crippen LogP contribution < -0.4 is 10.0 Å². The normalized spacial score (nSPS) is 18.8. The van der Waals surface area contributed by atoms with Crippen molar-refractivity contribution >= 4 is 43.4 Å². The van der Waals surface area contributed by atoms with Gasteiger partial charge in [0.05, 0.1) is 10.7 Å². The van der Waals surface area contributed by atoms with E-state index in [0.29, 0.717) is 10.0 Å². The van der Waals surface area contributed by atoms with E-state index < -0.39 is 26.8 Å². The number of aromatic nitrogens is 1. The van der Waals surface area contributed by atoms with E-state index in [9.17, 15) is 23.3 Å². The van der Waals surface area contributed by atoms with Gasteiger partial charge in [0.15, 0.2) is 0 Å². The van der Waals surface area contributed by atoms with Crippen molar-refractivity contribution in [1.29, 1.82) is 0 Å². The highest BCUT2D eigenvalue weighted by Crippen LogP contribution is 2.36. The minimum absolute atomic E-state index is 0.0319. The Balaban J connectivity index is 2.39. The van der Waals surface area contributed by atoms with Crippen LogP contribution in [0.5, 0.6) is 0 Å². The zero-order valence-electron chi connectivity index (χ0n) is 11.5. The number of nitrogens with two attached hydrogens (primary N) is 1. The summed E-state index contributed by atoms with van der Waals surface area (Å²) in [5, 5.41) is 16.2. The highest BCUT2D eigenvalue weighted by molar-refractivity contribution is 9.10. The van der Waals surface area contributed by atoms with E-state index in [1.54, 1.807) is 0 Å². The van der Waals surface area contributed by atoms with E-state index in [0.717, 1.165) is 4.90 Å². The third-order valence-electron chi connectivity index (χ3n) is 3.34. The molecule has 0 aliphatic carbocycles. The summed E-state index contributed by atoms with van der Waals surface area (Å²) >= 11 is 3.16. The monoisotopic (exact) mass is 392 g/mol. The maximum Gasteiger partial charge on any atom is 0.316 e. The van der Waals surface area contributed by atoms with Crippen LogP contribution in [0.4, 0.5) is 11.5 Å². The van der Waals surface area contributed by atoms with Crippen molar-refractivity contribution in [2.45, 2.75) is 13.3 Å². The SMILES string of the molecule is Cc1c(Br)cnc(N2CC(CS(N)(=O)=O)CC2=O)c1[N+](=O)[O-]. The Kier molecular flexibility index (Phi) is 4.49. The van der Waals surface area contributed by atoms with Gasteiger partial charge < -0.3 is 0 Å². The van der Waals surface area contributed by atoms with Gasteiger partial charge >= 0.3 is 5.69 Å². The van der Waals surface area contributed by atoms with Crippen LogP contribution >= 0.6 is 15.9 Å². The third kappa shape index (κ3) is 3.42. The summed E-state index contributed by atoms with van der Waals surface area (Å²) in [6, 6.07) is 0. The lowest BCUT2D eigenvalue weighted by Gasteiger charge is -2.16. The fourth-order valence-electron chi connectivity index (χ4n) is 2.40. The summed E-state index contributed by atoms with van der Waals surface area (Å²) in [5.41, 5.74) is 0.0664. The number of nitrogens with zero attached hydrogens (tertiary/aromatic N) is 3. The summed E-state index contributed by atoms with van der Waals surface area (Å²) in [5.74, 6) is -1.34. The highest BCUT2D eigenvalue weighted by Gasteiger charge is 2.37. The predicted octanol–water partition coefficient (Wildman–Crippen LogP) is 0.702. The number of anilines is 1. The van der Waals surface area contributed by atoms with Crippen molar-refractivity contribution in [1.82, 2.24) is 4.98 Å². The minimum Gasteiger partial charge on any atom is -0.291 e. The van der Waals surface area contributed by atoms with Crippen molar-refractivity contribution in [2.75, 3.05) is 17.2 Å². The lowest BCUT2D eigenvalue weighted by molar-refractivity contribution is -0.384. The Morgan fingerprint density at radius 3 is 2.77 bits per heavy atom. The van der Waals surface area contributed by atoms with Gasteiger partial charge in [-0.1, -0.05) is 0 Å². The molecule has 2 N–H and O–H groups in total. The molecule has 1 amide bonds. The Hall–Kier alpha value is -1.59. The van der Waals surface area contributed by atoms with Crippen molar-refractivity contribution in [3.8, 4) is 0 Å². The maximum atomic E-state index is 12.1. The quantitative estimate of drug-likeness (QED) is 0.591. The number of pyridine rings is 1. The van der Waals surface area contributed by atoms with Gasteiger partial charge in [-0.15, -0.1) is 0 Å². The third-order valence-corrected chi connectivity index (χ3v) is 5.07. The van der Waals surface area contributed by atoms with Crippen LogP contribution in [-0.4, -0.2) is 36.5 Å². The Morgan fingerprint density at radius 2 is 2.23 bits per heavy atom. The molecule has 1 aliphatic rings. The zero-order valence-corrected chi connectivity index (χ0v) is 13.9. The van der Waals surface area contributed by atoms with Crippen LogP contribution in [0.15, 0.2) is 10.7 Å². The van der Waals surface area contributed by atoms with Crippen molar-refractivity contribution in [3.63, 3.8) is 0 Å². The molecule has 9 nitrogen and oxygen atoms in total. The molecule has 1 saturated heterocycles. The highest BCUT2D eigenvalue weighted by atomic mass is 79.9. The first-order chi connectivity index (χ1) is 10.1. The predicted molar refractivity (Wildman–Crippen MR) is 81.8 cm³/mol. The van der Waals surface area contributed by atoms with Gasteiger partial charge in [-0.3, -0.25) is 19.8 Å². The number of rotatable bonds is 4. The molecule has 2 heterocycles. The topological polar surface area (TPSA) is 137 Å². The second-order valence-electron chi connectivity index (χ2n) is 5.06. The van der Waals surface area contributed by atoms with E-state index in [-0.39, 0.29) is 30.2 Å². The molecule has 1 unspecified atom stereocenters. The number of hydrogen-bond acceptors (Lipinski definition) is 6. The standard InChI is InChI=1S/C11H13BrN4O5S/c1-6-8(12)3-14-11(10(6)16(18)19)15-4-7(2-9(15)17)5-22(13,20)21/h3,7H,2,4-5H2,1H3,(H2,13,20,21). The Morgan fingerprint density at radius 1 is 1.59 bits per heavy atom. The van der Waals surface area contributed by atoms with Gasteiger partial charge in [0.1, 0.15) is 0 Å². The van der Waals surface area contributed by atoms with E-state index in [1.165, 1.54) is 13.1 Å². The summed E-state index contributed by atoms with van der Waals surface area (Å²) in [6.07, 6.45) is 1.34. The number of carbonyl (C=O) groups is 1. The molecule has 1 aromatic heterocycles. The van der Waals surface area contributed by atoms with Gasteiger partial charge in [-0.25, -0.2) is 18.5 Å². The maximum absolute atomic E-state index is 12.1. The van der Waals surface area contributed by atoms with Gasteiger partial charge in [-0.05, 0) is 22.9 Å². The molecule has 1 fully saturated rings. The molecule has 2 rings (SSSR count). The largest absolute Gasteiger partial charge is 0.316 e. The average molecular weight is 393 g/mol. The molecular formula is C11H13BrN4O5S. The number of sulfonamides is 1. The summed E-state index contributed by atoms with van der Waals surface area (Å²) in [6.45, 7) is 1.57. The molecule has 0 spiro atoms. The average Bonchev–Trinajstić information content (AvgIpc) is 2.70. The number of hydrogen-bond donors (Lipinski definition) is 1. The second-order valence-corrected chi connectivity index (χ2v) is 7.58. The molecule has 11 heteroatoms. The van der Waals surface area contributed by atoms with Crippen LogP contribution in [0.1, 0.15) is 12.0 Å². The molecule has 0 bridgehead atoms. The van der Waals surface area contributed by atoms with Gasteiger partial charge in [0, 0.05) is 35.1 Å². The molecule has 1 atom stereocenters.